The molecule has 130 valence electrons. The summed E-state index contributed by atoms with van der Waals surface area (Å²) in [4.78, 5) is 24.6. The molecular weight excluding hydrogens is 318 g/mol. The smallest absolute Gasteiger partial charge is 0.277 e. The summed E-state index contributed by atoms with van der Waals surface area (Å²) in [7, 11) is 3.59. The quantitative estimate of drug-likeness (QED) is 0.396. The number of ether oxygens (including phenoxy) is 1. The fraction of sp³-hybridized carbons (Fsp3) is 0.500. The van der Waals surface area contributed by atoms with Crippen molar-refractivity contribution in [2.75, 3.05) is 20.7 Å². The highest BCUT2D eigenvalue weighted by Crippen LogP contribution is 2.31. The third kappa shape index (κ3) is 2.80. The maximum atomic E-state index is 12.1. The number of aliphatic hydroxyl groups is 3. The van der Waals surface area contributed by atoms with Crippen molar-refractivity contribution < 1.29 is 20.1 Å². The molecular formula is C14H19N5O5. The van der Waals surface area contributed by atoms with Gasteiger partial charge in [-0.3, -0.25) is 4.79 Å². The number of fused-ring (bicyclic) bond motifs is 1. The van der Waals surface area contributed by atoms with Gasteiger partial charge in [0.2, 0.25) is 0 Å². The lowest BCUT2D eigenvalue weighted by Gasteiger charge is -2.17. The normalized spacial score (nSPS) is 27.4. The Labute approximate surface area is 136 Å². The van der Waals surface area contributed by atoms with E-state index in [1.807, 2.05) is 0 Å². The molecule has 0 aliphatic carbocycles. The van der Waals surface area contributed by atoms with Crippen molar-refractivity contribution in [3.05, 3.63) is 22.7 Å². The van der Waals surface area contributed by atoms with Gasteiger partial charge in [-0.1, -0.05) is 0 Å². The second kappa shape index (κ2) is 6.32. The number of hydrogen-bond donors (Lipinski definition) is 4. The van der Waals surface area contributed by atoms with Crippen molar-refractivity contribution in [1.29, 1.82) is 0 Å². The van der Waals surface area contributed by atoms with Crippen molar-refractivity contribution in [1.82, 2.24) is 19.4 Å². The summed E-state index contributed by atoms with van der Waals surface area (Å²) in [5.41, 5.74) is 0.139. The van der Waals surface area contributed by atoms with Crippen LogP contribution < -0.4 is 5.56 Å². The third-order valence-corrected chi connectivity index (χ3v) is 3.78. The van der Waals surface area contributed by atoms with Gasteiger partial charge < -0.3 is 34.5 Å². The summed E-state index contributed by atoms with van der Waals surface area (Å²) >= 11 is 0. The van der Waals surface area contributed by atoms with Gasteiger partial charge in [-0.25, -0.2) is 9.98 Å². The lowest BCUT2D eigenvalue weighted by Crippen LogP contribution is -2.33. The Morgan fingerprint density at radius 2 is 2.21 bits per heavy atom. The minimum Gasteiger partial charge on any atom is -0.394 e. The average Bonchev–Trinajstić information content (AvgIpc) is 3.08. The minimum atomic E-state index is -1.26. The van der Waals surface area contributed by atoms with Crippen LogP contribution in [0.1, 0.15) is 6.23 Å². The molecule has 3 heterocycles. The first kappa shape index (κ1) is 16.6. The van der Waals surface area contributed by atoms with Crippen LogP contribution in [0.4, 0.5) is 5.82 Å². The molecule has 0 radical (unpaired) electrons. The van der Waals surface area contributed by atoms with Gasteiger partial charge in [0.25, 0.3) is 5.56 Å². The molecule has 4 atom stereocenters. The SMILES string of the molecule is CN(C)C=Nc1cc2c(ncn2[C@@H]2O[C@H](CO)C(O)[C@@H]2O)c(=O)[nH]1. The molecule has 1 aliphatic heterocycles. The van der Waals surface area contributed by atoms with Gasteiger partial charge in [0, 0.05) is 20.2 Å². The van der Waals surface area contributed by atoms with E-state index < -0.39 is 36.7 Å². The molecule has 1 fully saturated rings. The highest BCUT2D eigenvalue weighted by atomic mass is 16.6. The van der Waals surface area contributed by atoms with E-state index in [0.29, 0.717) is 11.3 Å². The topological polar surface area (TPSA) is 136 Å². The molecule has 10 heteroatoms. The summed E-state index contributed by atoms with van der Waals surface area (Å²) in [5.74, 6) is 0.315. The maximum Gasteiger partial charge on any atom is 0.277 e. The van der Waals surface area contributed by atoms with Gasteiger partial charge in [0.05, 0.1) is 24.8 Å². The first-order valence-electron chi connectivity index (χ1n) is 7.35. The molecule has 1 saturated heterocycles. The van der Waals surface area contributed by atoms with Crippen molar-refractivity contribution in [3.8, 4) is 0 Å². The molecule has 1 unspecified atom stereocenters. The zero-order valence-electron chi connectivity index (χ0n) is 13.2. The Morgan fingerprint density at radius 1 is 1.46 bits per heavy atom. The first-order chi connectivity index (χ1) is 11.4. The maximum absolute atomic E-state index is 12.1. The molecule has 0 aromatic carbocycles. The molecule has 0 bridgehead atoms. The fourth-order valence-electron chi connectivity index (χ4n) is 2.59. The van der Waals surface area contributed by atoms with Crippen LogP contribution in [0.15, 0.2) is 22.2 Å². The zero-order valence-corrected chi connectivity index (χ0v) is 13.2. The van der Waals surface area contributed by atoms with E-state index in [9.17, 15) is 20.1 Å². The van der Waals surface area contributed by atoms with E-state index in [1.54, 1.807) is 25.1 Å². The lowest BCUT2D eigenvalue weighted by atomic mass is 10.1. The van der Waals surface area contributed by atoms with Crippen molar-refractivity contribution in [2.45, 2.75) is 24.5 Å². The van der Waals surface area contributed by atoms with Crippen LogP contribution in [-0.4, -0.2) is 80.1 Å². The molecule has 2 aromatic rings. The number of aliphatic imine (C=N–C) groups is 1. The zero-order chi connectivity index (χ0) is 17.4. The molecule has 0 amide bonds. The number of imidazole rings is 1. The molecule has 2 aromatic heterocycles. The number of nitrogens with one attached hydrogen (secondary N) is 1. The summed E-state index contributed by atoms with van der Waals surface area (Å²) in [5, 5.41) is 29.2. The number of nitrogens with zero attached hydrogens (tertiary/aromatic N) is 4. The number of H-pyrrole nitrogens is 1. The number of pyridine rings is 1. The second-order valence-electron chi connectivity index (χ2n) is 5.81. The monoisotopic (exact) mass is 337 g/mol. The average molecular weight is 337 g/mol. The van der Waals surface area contributed by atoms with Crippen LogP contribution in [-0.2, 0) is 4.74 Å². The fourth-order valence-corrected chi connectivity index (χ4v) is 2.59. The Bertz CT molecular complexity index is 813. The Hall–Kier alpha value is -2.27. The number of aliphatic hydroxyl groups excluding tert-OH is 3. The lowest BCUT2D eigenvalue weighted by molar-refractivity contribution is -0.0508. The van der Waals surface area contributed by atoms with Gasteiger partial charge >= 0.3 is 0 Å². The van der Waals surface area contributed by atoms with E-state index in [2.05, 4.69) is 15.0 Å². The van der Waals surface area contributed by atoms with Gasteiger partial charge in [0.1, 0.15) is 24.1 Å². The van der Waals surface area contributed by atoms with Crippen LogP contribution in [0.3, 0.4) is 0 Å². The predicted octanol–water partition coefficient (Wildman–Crippen LogP) is -1.44. The van der Waals surface area contributed by atoms with Crippen LogP contribution >= 0.6 is 0 Å². The molecule has 4 N–H and O–H groups in total. The summed E-state index contributed by atoms with van der Waals surface area (Å²) < 4.78 is 6.93. The largest absolute Gasteiger partial charge is 0.394 e. The highest BCUT2D eigenvalue weighted by molar-refractivity contribution is 5.77. The first-order valence-corrected chi connectivity index (χ1v) is 7.35. The van der Waals surface area contributed by atoms with Crippen LogP contribution in [0.25, 0.3) is 11.0 Å². The van der Waals surface area contributed by atoms with E-state index in [0.717, 1.165) is 0 Å². The molecule has 10 nitrogen and oxygen atoms in total. The number of rotatable bonds is 4. The van der Waals surface area contributed by atoms with E-state index in [4.69, 9.17) is 4.74 Å². The van der Waals surface area contributed by atoms with Crippen molar-refractivity contribution in [2.24, 2.45) is 4.99 Å². The molecule has 0 saturated carbocycles. The summed E-state index contributed by atoms with van der Waals surface area (Å²) in [6.07, 6.45) is -1.48. The minimum absolute atomic E-state index is 0.163. The number of hydrogen-bond acceptors (Lipinski definition) is 7. The Kier molecular flexibility index (Phi) is 4.37. The van der Waals surface area contributed by atoms with E-state index in [-0.39, 0.29) is 5.52 Å². The van der Waals surface area contributed by atoms with Crippen LogP contribution in [0.2, 0.25) is 0 Å². The van der Waals surface area contributed by atoms with Gasteiger partial charge in [-0.15, -0.1) is 0 Å². The van der Waals surface area contributed by atoms with Gasteiger partial charge in [-0.05, 0) is 0 Å². The van der Waals surface area contributed by atoms with E-state index in [1.165, 1.54) is 17.2 Å². The molecule has 24 heavy (non-hydrogen) atoms. The molecule has 1 aliphatic rings. The van der Waals surface area contributed by atoms with Crippen molar-refractivity contribution in [3.63, 3.8) is 0 Å². The van der Waals surface area contributed by atoms with Crippen molar-refractivity contribution >= 4 is 23.2 Å². The summed E-state index contributed by atoms with van der Waals surface area (Å²) in [6, 6.07) is 1.60. The molecule has 3 rings (SSSR count). The predicted molar refractivity (Wildman–Crippen MR) is 85.2 cm³/mol. The highest BCUT2D eigenvalue weighted by Gasteiger charge is 2.43. The molecule has 0 spiro atoms. The standard InChI is InChI=1S/C14H19N5O5/c1-18(2)5-15-9-3-7-10(13(23)17-9)16-6-19(7)14-12(22)11(21)8(4-20)24-14/h3,5-6,8,11-12,14,20-22H,4H2,1-2H3,(H,17,23)/t8-,11?,12+,14-/m1/s1. The number of aromatic nitrogens is 3. The van der Waals surface area contributed by atoms with Gasteiger partial charge in [0.15, 0.2) is 11.7 Å². The van der Waals surface area contributed by atoms with Crippen LogP contribution in [0.5, 0.6) is 0 Å². The Morgan fingerprint density at radius 3 is 2.83 bits per heavy atom. The Balaban J connectivity index is 2.05. The van der Waals surface area contributed by atoms with E-state index >= 15 is 0 Å². The van der Waals surface area contributed by atoms with Crippen LogP contribution in [0, 0.1) is 0 Å². The second-order valence-corrected chi connectivity index (χ2v) is 5.81. The van der Waals surface area contributed by atoms with Gasteiger partial charge in [-0.2, -0.15) is 0 Å². The summed E-state index contributed by atoms with van der Waals surface area (Å²) in [6.45, 7) is -0.430. The number of aromatic amines is 1. The third-order valence-electron chi connectivity index (χ3n) is 3.78.